The molecule has 2 aromatic rings. The second-order valence-corrected chi connectivity index (χ2v) is 4.61. The predicted molar refractivity (Wildman–Crippen MR) is 63.2 cm³/mol. The van der Waals surface area contributed by atoms with Gasteiger partial charge in [0.05, 0.1) is 6.42 Å². The van der Waals surface area contributed by atoms with Gasteiger partial charge in [-0.15, -0.1) is 0 Å². The number of hydrogen-bond donors (Lipinski definition) is 1. The number of carbonyl (C=O) groups is 1. The van der Waals surface area contributed by atoms with Gasteiger partial charge in [-0.1, -0.05) is 23.5 Å². The van der Waals surface area contributed by atoms with E-state index < -0.39 is 0 Å². The minimum Gasteiger partial charge on any atom is -0.617 e. The van der Waals surface area contributed by atoms with Gasteiger partial charge in [0.2, 0.25) is 11.4 Å². The van der Waals surface area contributed by atoms with Crippen molar-refractivity contribution in [3.8, 4) is 0 Å². The number of nitrogens with zero attached hydrogens (tertiary/aromatic N) is 1. The molecule has 2 rings (SSSR count). The Hall–Kier alpha value is -1.62. The van der Waals surface area contributed by atoms with Crippen molar-refractivity contribution < 1.29 is 9.52 Å². The standard InChI is InChI=1S/C11H12N2O2S/c1-8(14)12-7-6-11-13(15)9-4-2-3-5-10(9)16-11/h2-5H,6-7H2,1H3,(H,12,14). The van der Waals surface area contributed by atoms with E-state index in [1.165, 1.54) is 18.3 Å². The van der Waals surface area contributed by atoms with E-state index in [1.807, 2.05) is 18.2 Å². The molecule has 1 aromatic heterocycles. The van der Waals surface area contributed by atoms with Crippen molar-refractivity contribution in [2.75, 3.05) is 6.54 Å². The van der Waals surface area contributed by atoms with E-state index in [1.54, 1.807) is 6.07 Å². The van der Waals surface area contributed by atoms with E-state index in [0.29, 0.717) is 18.5 Å². The summed E-state index contributed by atoms with van der Waals surface area (Å²) in [7, 11) is 0. The Balaban J connectivity index is 2.18. The first-order valence-corrected chi connectivity index (χ1v) is 5.84. The molecule has 0 aliphatic carbocycles. The van der Waals surface area contributed by atoms with E-state index in [4.69, 9.17) is 0 Å². The van der Waals surface area contributed by atoms with Crippen LogP contribution in [0.15, 0.2) is 24.3 Å². The Labute approximate surface area is 97.1 Å². The topological polar surface area (TPSA) is 56.0 Å². The van der Waals surface area contributed by atoms with Gasteiger partial charge in [-0.25, -0.2) is 0 Å². The Morgan fingerprint density at radius 1 is 1.50 bits per heavy atom. The minimum absolute atomic E-state index is 0.0708. The van der Waals surface area contributed by atoms with Crippen LogP contribution in [0.2, 0.25) is 0 Å². The molecule has 1 heterocycles. The predicted octanol–water partition coefficient (Wildman–Crippen LogP) is 1.21. The number of thiazole rings is 1. The molecule has 0 spiro atoms. The second-order valence-electron chi connectivity index (χ2n) is 3.49. The number of hydrogen-bond acceptors (Lipinski definition) is 3. The molecule has 1 aromatic carbocycles. The highest BCUT2D eigenvalue weighted by Crippen LogP contribution is 2.19. The van der Waals surface area contributed by atoms with Crippen LogP contribution in [0.1, 0.15) is 11.9 Å². The van der Waals surface area contributed by atoms with Crippen LogP contribution in [0.4, 0.5) is 0 Å². The van der Waals surface area contributed by atoms with Gasteiger partial charge in [0.15, 0.2) is 0 Å². The number of benzene rings is 1. The molecule has 0 unspecified atom stereocenters. The molecule has 16 heavy (non-hydrogen) atoms. The molecule has 0 aliphatic rings. The van der Waals surface area contributed by atoms with Gasteiger partial charge >= 0.3 is 0 Å². The number of para-hydroxylation sites is 1. The smallest absolute Gasteiger partial charge is 0.251 e. The number of carbonyl (C=O) groups excluding carboxylic acids is 1. The summed E-state index contributed by atoms with van der Waals surface area (Å²) in [5.74, 6) is -0.0708. The molecule has 0 saturated heterocycles. The number of amides is 1. The van der Waals surface area contributed by atoms with Crippen LogP contribution in [-0.4, -0.2) is 12.5 Å². The van der Waals surface area contributed by atoms with Crippen molar-refractivity contribution in [2.24, 2.45) is 0 Å². The maximum absolute atomic E-state index is 11.8. The van der Waals surface area contributed by atoms with Crippen molar-refractivity contribution in [3.63, 3.8) is 0 Å². The maximum Gasteiger partial charge on any atom is 0.251 e. The van der Waals surface area contributed by atoms with Crippen LogP contribution in [0, 0.1) is 5.21 Å². The lowest BCUT2D eigenvalue weighted by atomic mass is 10.3. The quantitative estimate of drug-likeness (QED) is 0.643. The molecule has 1 N–H and O–H groups in total. The van der Waals surface area contributed by atoms with Crippen molar-refractivity contribution in [1.82, 2.24) is 5.32 Å². The molecule has 0 radical (unpaired) electrons. The third kappa shape index (κ3) is 2.14. The van der Waals surface area contributed by atoms with Crippen LogP contribution in [-0.2, 0) is 11.2 Å². The summed E-state index contributed by atoms with van der Waals surface area (Å²) in [5, 5.41) is 15.2. The van der Waals surface area contributed by atoms with Crippen LogP contribution in [0.5, 0.6) is 0 Å². The first-order valence-electron chi connectivity index (χ1n) is 5.03. The highest BCUT2D eigenvalue weighted by atomic mass is 32.1. The molecule has 5 heteroatoms. The molecule has 0 fully saturated rings. The van der Waals surface area contributed by atoms with Crippen LogP contribution < -0.4 is 10.0 Å². The van der Waals surface area contributed by atoms with E-state index >= 15 is 0 Å². The van der Waals surface area contributed by atoms with E-state index in [-0.39, 0.29) is 5.91 Å². The Bertz CT molecular complexity index is 522. The Morgan fingerprint density at radius 3 is 2.94 bits per heavy atom. The third-order valence-electron chi connectivity index (χ3n) is 2.25. The molecule has 0 saturated carbocycles. The summed E-state index contributed by atoms with van der Waals surface area (Å²) in [6.07, 6.45) is 0.572. The van der Waals surface area contributed by atoms with E-state index in [2.05, 4.69) is 5.32 Å². The first-order chi connectivity index (χ1) is 7.68. The average Bonchev–Trinajstić information content (AvgIpc) is 2.56. The largest absolute Gasteiger partial charge is 0.617 e. The lowest BCUT2D eigenvalue weighted by molar-refractivity contribution is -0.580. The van der Waals surface area contributed by atoms with E-state index in [0.717, 1.165) is 14.4 Å². The van der Waals surface area contributed by atoms with Crippen LogP contribution >= 0.6 is 11.3 Å². The van der Waals surface area contributed by atoms with Gasteiger partial charge < -0.3 is 10.5 Å². The summed E-state index contributed by atoms with van der Waals surface area (Å²) in [5.41, 5.74) is 0.699. The fourth-order valence-electron chi connectivity index (χ4n) is 1.51. The summed E-state index contributed by atoms with van der Waals surface area (Å²) in [6, 6.07) is 7.49. The molecule has 84 valence electrons. The first kappa shape index (κ1) is 10.9. The molecule has 0 aliphatic heterocycles. The maximum atomic E-state index is 11.8. The zero-order valence-corrected chi connectivity index (χ0v) is 9.71. The highest BCUT2D eigenvalue weighted by Gasteiger charge is 2.14. The van der Waals surface area contributed by atoms with Gasteiger partial charge in [-0.05, 0) is 6.07 Å². The van der Waals surface area contributed by atoms with Gasteiger partial charge in [0.25, 0.3) is 5.01 Å². The van der Waals surface area contributed by atoms with Gasteiger partial charge in [-0.2, -0.15) is 4.73 Å². The van der Waals surface area contributed by atoms with Gasteiger partial charge in [0.1, 0.15) is 4.70 Å². The molecule has 4 nitrogen and oxygen atoms in total. The SMILES string of the molecule is CC(=O)NCCc1sc2ccccc2[n+]1[O-]. The summed E-state index contributed by atoms with van der Waals surface area (Å²) in [4.78, 5) is 10.7. The van der Waals surface area contributed by atoms with Crippen molar-refractivity contribution in [3.05, 3.63) is 34.5 Å². The minimum atomic E-state index is -0.0708. The van der Waals surface area contributed by atoms with Crippen molar-refractivity contribution >= 4 is 27.5 Å². The molecule has 1 amide bonds. The summed E-state index contributed by atoms with van der Waals surface area (Å²) >= 11 is 1.47. The van der Waals surface area contributed by atoms with Gasteiger partial charge in [-0.3, -0.25) is 4.79 Å². The third-order valence-corrected chi connectivity index (χ3v) is 3.42. The fourth-order valence-corrected chi connectivity index (χ4v) is 2.55. The zero-order valence-electron chi connectivity index (χ0n) is 8.90. The molecule has 0 bridgehead atoms. The normalized spacial score (nSPS) is 10.6. The molecular weight excluding hydrogens is 224 g/mol. The second kappa shape index (κ2) is 4.49. The van der Waals surface area contributed by atoms with Crippen LogP contribution in [0.3, 0.4) is 0 Å². The lowest BCUT2D eigenvalue weighted by Gasteiger charge is -1.99. The van der Waals surface area contributed by atoms with E-state index in [9.17, 15) is 10.0 Å². The summed E-state index contributed by atoms with van der Waals surface area (Å²) in [6.45, 7) is 1.97. The Morgan fingerprint density at radius 2 is 2.25 bits per heavy atom. The van der Waals surface area contributed by atoms with Gasteiger partial charge in [0, 0.05) is 19.5 Å². The highest BCUT2D eigenvalue weighted by molar-refractivity contribution is 7.18. The average molecular weight is 236 g/mol. The van der Waals surface area contributed by atoms with Crippen molar-refractivity contribution in [1.29, 1.82) is 0 Å². The van der Waals surface area contributed by atoms with Crippen LogP contribution in [0.25, 0.3) is 10.2 Å². The summed E-state index contributed by atoms with van der Waals surface area (Å²) < 4.78 is 1.93. The monoisotopic (exact) mass is 236 g/mol. The van der Waals surface area contributed by atoms with Crippen molar-refractivity contribution in [2.45, 2.75) is 13.3 Å². The molecular formula is C11H12N2O2S. The number of nitrogens with one attached hydrogen (secondary N) is 1. The number of rotatable bonds is 3. The zero-order chi connectivity index (χ0) is 11.5. The number of aromatic nitrogens is 1. The molecule has 0 atom stereocenters. The lowest BCUT2D eigenvalue weighted by Crippen LogP contribution is -2.32. The fraction of sp³-hybridized carbons (Fsp3) is 0.273. The number of fused-ring (bicyclic) bond motifs is 1. The Kier molecular flexibility index (Phi) is 3.05.